The highest BCUT2D eigenvalue weighted by Gasteiger charge is 2.50. The van der Waals surface area contributed by atoms with Gasteiger partial charge in [-0.25, -0.2) is 0 Å². The molecule has 0 aromatic carbocycles. The fraction of sp³-hybridized carbons (Fsp3) is 0.875. The summed E-state index contributed by atoms with van der Waals surface area (Å²) < 4.78 is 5.63. The number of nitrogens with zero attached hydrogens (tertiary/aromatic N) is 3. The van der Waals surface area contributed by atoms with E-state index in [9.17, 15) is 0 Å². The van der Waals surface area contributed by atoms with Crippen LogP contribution in [-0.4, -0.2) is 35.7 Å². The minimum Gasteiger partial charge on any atom is -0.339 e. The van der Waals surface area contributed by atoms with E-state index in [4.69, 9.17) is 10.3 Å². The Bertz CT molecular complexity index is 484. The van der Waals surface area contributed by atoms with Crippen molar-refractivity contribution in [3.63, 3.8) is 0 Å². The Balaban J connectivity index is 1.53. The fourth-order valence-electron chi connectivity index (χ4n) is 5.34. The predicted molar refractivity (Wildman–Crippen MR) is 79.6 cm³/mol. The van der Waals surface area contributed by atoms with Crippen LogP contribution in [0.5, 0.6) is 0 Å². The Kier molecular flexibility index (Phi) is 3.30. The monoisotopic (exact) mass is 290 g/mol. The lowest BCUT2D eigenvalue weighted by molar-refractivity contribution is -0.0131. The third-order valence-corrected chi connectivity index (χ3v) is 5.86. The second-order valence-electron chi connectivity index (χ2n) is 7.82. The van der Waals surface area contributed by atoms with Crippen LogP contribution >= 0.6 is 0 Å². The van der Waals surface area contributed by atoms with Gasteiger partial charge in [0, 0.05) is 12.5 Å². The third kappa shape index (κ3) is 2.40. The highest BCUT2D eigenvalue weighted by Crippen LogP contribution is 2.59. The maximum Gasteiger partial charge on any atom is 0.230 e. The van der Waals surface area contributed by atoms with Crippen molar-refractivity contribution in [3.8, 4) is 0 Å². The Morgan fingerprint density at radius 3 is 2.33 bits per heavy atom. The minimum atomic E-state index is -0.158. The fourth-order valence-corrected chi connectivity index (χ4v) is 5.34. The molecule has 2 N–H and O–H groups in total. The molecule has 0 spiro atoms. The minimum absolute atomic E-state index is 0.158. The lowest BCUT2D eigenvalue weighted by Gasteiger charge is -2.53. The zero-order valence-corrected chi connectivity index (χ0v) is 13.0. The van der Waals surface area contributed by atoms with Crippen LogP contribution in [0.3, 0.4) is 0 Å². The first-order valence-electron chi connectivity index (χ1n) is 8.34. The molecular formula is C16H26N4O. The van der Waals surface area contributed by atoms with Crippen molar-refractivity contribution >= 4 is 0 Å². The number of hydrogen-bond donors (Lipinski definition) is 1. The van der Waals surface area contributed by atoms with Gasteiger partial charge in [0.2, 0.25) is 5.89 Å². The van der Waals surface area contributed by atoms with Gasteiger partial charge in [0.25, 0.3) is 0 Å². The highest BCUT2D eigenvalue weighted by molar-refractivity contribution is 5.10. The zero-order chi connectivity index (χ0) is 14.6. The van der Waals surface area contributed by atoms with Crippen molar-refractivity contribution in [1.29, 1.82) is 0 Å². The molecule has 0 amide bonds. The lowest BCUT2D eigenvalue weighted by atomic mass is 9.52. The molecule has 5 nitrogen and oxygen atoms in total. The van der Waals surface area contributed by atoms with E-state index in [1.54, 1.807) is 0 Å². The number of hydrogen-bond acceptors (Lipinski definition) is 5. The molecule has 1 aromatic rings. The second kappa shape index (κ2) is 5.06. The lowest BCUT2D eigenvalue weighted by Crippen LogP contribution is -2.43. The van der Waals surface area contributed by atoms with E-state index in [-0.39, 0.29) is 6.04 Å². The molecule has 4 bridgehead atoms. The van der Waals surface area contributed by atoms with Crippen LogP contribution in [0.15, 0.2) is 4.52 Å². The van der Waals surface area contributed by atoms with Crippen LogP contribution in [0.2, 0.25) is 0 Å². The van der Waals surface area contributed by atoms with Crippen LogP contribution in [0.4, 0.5) is 0 Å². The predicted octanol–water partition coefficient (Wildman–Crippen LogP) is 2.17. The molecular weight excluding hydrogens is 264 g/mol. The molecule has 0 aliphatic heterocycles. The summed E-state index contributed by atoms with van der Waals surface area (Å²) in [6, 6.07) is -0.158. The van der Waals surface area contributed by atoms with E-state index in [1.807, 2.05) is 14.1 Å². The van der Waals surface area contributed by atoms with Gasteiger partial charge in [-0.15, -0.1) is 0 Å². The second-order valence-corrected chi connectivity index (χ2v) is 7.82. The molecule has 4 saturated carbocycles. The molecule has 1 unspecified atom stereocenters. The van der Waals surface area contributed by atoms with Crippen LogP contribution in [-0.2, 0) is 0 Å². The Labute approximate surface area is 126 Å². The van der Waals surface area contributed by atoms with Gasteiger partial charge in [-0.2, -0.15) is 4.98 Å². The number of likely N-dealkylation sites (N-methyl/N-ethyl adjacent to an activating group) is 1. The van der Waals surface area contributed by atoms with Gasteiger partial charge in [-0.05, 0) is 69.9 Å². The summed E-state index contributed by atoms with van der Waals surface area (Å²) in [5, 5.41) is 4.16. The van der Waals surface area contributed by atoms with E-state index in [0.717, 1.165) is 36.1 Å². The van der Waals surface area contributed by atoms with Crippen LogP contribution in [0.1, 0.15) is 55.8 Å². The molecule has 0 radical (unpaired) electrons. The zero-order valence-electron chi connectivity index (χ0n) is 13.0. The van der Waals surface area contributed by atoms with Crippen LogP contribution < -0.4 is 5.73 Å². The summed E-state index contributed by atoms with van der Waals surface area (Å²) in [7, 11) is 4.03. The van der Waals surface area contributed by atoms with Gasteiger partial charge in [-0.1, -0.05) is 5.16 Å². The van der Waals surface area contributed by atoms with Gasteiger partial charge in [0.1, 0.15) is 0 Å². The molecule has 1 aromatic heterocycles. The normalized spacial score (nSPS) is 39.1. The molecule has 5 heteroatoms. The quantitative estimate of drug-likeness (QED) is 0.920. The maximum absolute atomic E-state index is 6.16. The van der Waals surface area contributed by atoms with E-state index >= 15 is 0 Å². The smallest absolute Gasteiger partial charge is 0.230 e. The first-order valence-corrected chi connectivity index (χ1v) is 8.34. The summed E-state index contributed by atoms with van der Waals surface area (Å²) >= 11 is 0. The summed E-state index contributed by atoms with van der Waals surface area (Å²) in [6.45, 7) is 0.751. The van der Waals surface area contributed by atoms with Crippen molar-refractivity contribution < 1.29 is 4.52 Å². The standard InChI is InChI=1S/C16H26N4O/c1-20(2)8-13(17)15-18-16(21-19-15)14-11-4-9-3-10(6-11)7-12(14)5-9/h9-14H,3-8,17H2,1-2H3. The molecule has 1 heterocycles. The average molecular weight is 290 g/mol. The number of rotatable bonds is 4. The summed E-state index contributed by atoms with van der Waals surface area (Å²) in [5.41, 5.74) is 6.16. The largest absolute Gasteiger partial charge is 0.339 e. The average Bonchev–Trinajstić information content (AvgIpc) is 2.86. The van der Waals surface area contributed by atoms with E-state index in [1.165, 1.54) is 32.1 Å². The topological polar surface area (TPSA) is 68.2 Å². The SMILES string of the molecule is CN(C)CC(N)c1noc(C2C3CC4CC(C3)CC2C4)n1. The third-order valence-electron chi connectivity index (χ3n) is 5.86. The molecule has 4 aliphatic rings. The molecule has 4 aliphatic carbocycles. The number of nitrogens with two attached hydrogens (primary N) is 1. The molecule has 5 rings (SSSR count). The Morgan fingerprint density at radius 2 is 1.76 bits per heavy atom. The van der Waals surface area contributed by atoms with Crippen molar-refractivity contribution in [2.75, 3.05) is 20.6 Å². The van der Waals surface area contributed by atoms with Gasteiger partial charge in [0.15, 0.2) is 5.82 Å². The molecule has 116 valence electrons. The van der Waals surface area contributed by atoms with Crippen molar-refractivity contribution in [1.82, 2.24) is 15.0 Å². The Hall–Kier alpha value is -0.940. The van der Waals surface area contributed by atoms with Gasteiger partial charge >= 0.3 is 0 Å². The summed E-state index contributed by atoms with van der Waals surface area (Å²) in [6.07, 6.45) is 6.97. The first kappa shape index (κ1) is 13.7. The summed E-state index contributed by atoms with van der Waals surface area (Å²) in [5.74, 6) is 5.55. The van der Waals surface area contributed by atoms with Gasteiger partial charge in [-0.3, -0.25) is 0 Å². The molecule has 21 heavy (non-hydrogen) atoms. The van der Waals surface area contributed by atoms with Crippen molar-refractivity contribution in [2.24, 2.45) is 29.4 Å². The van der Waals surface area contributed by atoms with E-state index < -0.39 is 0 Å². The first-order chi connectivity index (χ1) is 10.1. The maximum atomic E-state index is 6.16. The van der Waals surface area contributed by atoms with Crippen molar-refractivity contribution in [2.45, 2.75) is 44.1 Å². The number of aromatic nitrogens is 2. The van der Waals surface area contributed by atoms with Crippen LogP contribution in [0, 0.1) is 23.7 Å². The van der Waals surface area contributed by atoms with Gasteiger partial charge in [0.05, 0.1) is 6.04 Å². The van der Waals surface area contributed by atoms with Crippen LogP contribution in [0.25, 0.3) is 0 Å². The summed E-state index contributed by atoms with van der Waals surface area (Å²) in [4.78, 5) is 6.74. The van der Waals surface area contributed by atoms with Crippen molar-refractivity contribution in [3.05, 3.63) is 11.7 Å². The molecule has 4 fully saturated rings. The molecule has 1 atom stereocenters. The van der Waals surface area contributed by atoms with E-state index in [2.05, 4.69) is 15.0 Å². The van der Waals surface area contributed by atoms with E-state index in [0.29, 0.717) is 11.7 Å². The Morgan fingerprint density at radius 1 is 1.14 bits per heavy atom. The molecule has 0 saturated heterocycles. The highest BCUT2D eigenvalue weighted by atomic mass is 16.5. The van der Waals surface area contributed by atoms with Gasteiger partial charge < -0.3 is 15.2 Å².